The molecule has 4 aromatic rings. The maximum atomic E-state index is 12.9. The number of hydrogen-bond acceptors (Lipinski definition) is 3. The van der Waals surface area contributed by atoms with E-state index in [0.29, 0.717) is 30.0 Å². The van der Waals surface area contributed by atoms with Crippen LogP contribution in [0.3, 0.4) is 0 Å². The summed E-state index contributed by atoms with van der Waals surface area (Å²) < 4.78 is 1.95. The van der Waals surface area contributed by atoms with Crippen LogP contribution in [0.25, 0.3) is 11.0 Å². The van der Waals surface area contributed by atoms with Gasteiger partial charge in [-0.15, -0.1) is 0 Å². The molecular formula is C27H27ClN4O2. The maximum Gasteiger partial charge on any atom is 0.252 e. The number of nitrogens with one attached hydrogen (secondary N) is 2. The van der Waals surface area contributed by atoms with Gasteiger partial charge in [0, 0.05) is 18.7 Å². The molecule has 34 heavy (non-hydrogen) atoms. The number of aryl methyl sites for hydroxylation is 3. The van der Waals surface area contributed by atoms with Crippen molar-refractivity contribution in [3.8, 4) is 0 Å². The molecule has 0 radical (unpaired) electrons. The van der Waals surface area contributed by atoms with Gasteiger partial charge in [-0.3, -0.25) is 9.59 Å². The largest absolute Gasteiger partial charge is 0.352 e. The highest BCUT2D eigenvalue weighted by molar-refractivity contribution is 6.33. The lowest BCUT2D eigenvalue weighted by Crippen LogP contribution is -2.25. The van der Waals surface area contributed by atoms with Crippen LogP contribution in [0.2, 0.25) is 5.02 Å². The van der Waals surface area contributed by atoms with Crippen LogP contribution in [0.4, 0.5) is 5.69 Å². The first kappa shape index (κ1) is 23.5. The van der Waals surface area contributed by atoms with Crippen molar-refractivity contribution in [1.82, 2.24) is 14.9 Å². The fourth-order valence-corrected chi connectivity index (χ4v) is 4.07. The van der Waals surface area contributed by atoms with Gasteiger partial charge in [-0.1, -0.05) is 41.9 Å². The summed E-state index contributed by atoms with van der Waals surface area (Å²) in [6.45, 7) is 4.70. The molecule has 2 N–H and O–H groups in total. The van der Waals surface area contributed by atoms with Gasteiger partial charge in [0.2, 0.25) is 5.91 Å². The fourth-order valence-electron chi connectivity index (χ4n) is 3.84. The second-order valence-corrected chi connectivity index (χ2v) is 8.70. The van der Waals surface area contributed by atoms with Gasteiger partial charge < -0.3 is 15.2 Å². The van der Waals surface area contributed by atoms with E-state index in [2.05, 4.69) is 10.6 Å². The third kappa shape index (κ3) is 5.46. The van der Waals surface area contributed by atoms with Crippen molar-refractivity contribution in [2.24, 2.45) is 0 Å². The van der Waals surface area contributed by atoms with Crippen LogP contribution < -0.4 is 10.6 Å². The van der Waals surface area contributed by atoms with Crippen molar-refractivity contribution in [1.29, 1.82) is 0 Å². The minimum absolute atomic E-state index is 0.111. The third-order valence-corrected chi connectivity index (χ3v) is 6.14. The minimum Gasteiger partial charge on any atom is -0.352 e. The van der Waals surface area contributed by atoms with Crippen molar-refractivity contribution in [2.45, 2.75) is 33.2 Å². The molecule has 0 aliphatic heterocycles. The number of nitrogens with zero attached hydrogens (tertiary/aromatic N) is 2. The van der Waals surface area contributed by atoms with E-state index in [0.717, 1.165) is 28.1 Å². The van der Waals surface area contributed by atoms with Crippen molar-refractivity contribution in [3.05, 3.63) is 94.3 Å². The van der Waals surface area contributed by atoms with Gasteiger partial charge in [0.25, 0.3) is 5.91 Å². The number of rotatable bonds is 8. The summed E-state index contributed by atoms with van der Waals surface area (Å²) in [4.78, 5) is 30.0. The third-order valence-electron chi connectivity index (χ3n) is 5.81. The summed E-state index contributed by atoms with van der Waals surface area (Å²) in [6.07, 6.45) is 1.30. The number of anilines is 1. The molecule has 6 nitrogen and oxygen atoms in total. The second kappa shape index (κ2) is 10.5. The normalized spacial score (nSPS) is 10.9. The fraction of sp³-hybridized carbons (Fsp3) is 0.222. The first-order valence-electron chi connectivity index (χ1n) is 11.3. The van der Waals surface area contributed by atoms with Gasteiger partial charge in [-0.2, -0.15) is 0 Å². The molecule has 7 heteroatoms. The van der Waals surface area contributed by atoms with Crippen molar-refractivity contribution in [2.75, 3.05) is 11.9 Å². The number of para-hydroxylation sites is 2. The molecule has 0 spiro atoms. The van der Waals surface area contributed by atoms with Crippen LogP contribution in [0.15, 0.2) is 66.7 Å². The van der Waals surface area contributed by atoms with E-state index < -0.39 is 0 Å². The quantitative estimate of drug-likeness (QED) is 0.340. The number of benzene rings is 3. The van der Waals surface area contributed by atoms with E-state index in [9.17, 15) is 9.59 Å². The van der Waals surface area contributed by atoms with E-state index in [1.54, 1.807) is 24.3 Å². The molecule has 1 aromatic heterocycles. The standard InChI is InChI=1S/C27H27ClN4O2/c1-18-13-14-20(16-19(18)2)30-26(33)17-32-24-11-6-5-10-23(24)31-25(32)12-7-15-29-27(34)21-8-3-4-9-22(21)28/h3-6,8-11,13-14,16H,7,12,15,17H2,1-2H3,(H,29,34)(H,30,33). The SMILES string of the molecule is Cc1ccc(NC(=O)Cn2c(CCCNC(=O)c3ccccc3Cl)nc3ccccc32)cc1C. The van der Waals surface area contributed by atoms with Crippen LogP contribution in [-0.4, -0.2) is 27.9 Å². The maximum absolute atomic E-state index is 12.9. The Balaban J connectivity index is 1.42. The number of halogens is 1. The Labute approximate surface area is 204 Å². The van der Waals surface area contributed by atoms with Crippen LogP contribution in [-0.2, 0) is 17.8 Å². The number of hydrogen-bond donors (Lipinski definition) is 2. The highest BCUT2D eigenvalue weighted by atomic mass is 35.5. The average Bonchev–Trinajstić information content (AvgIpc) is 3.16. The first-order valence-corrected chi connectivity index (χ1v) is 11.6. The highest BCUT2D eigenvalue weighted by Crippen LogP contribution is 2.19. The van der Waals surface area contributed by atoms with E-state index in [1.165, 1.54) is 5.56 Å². The predicted molar refractivity (Wildman–Crippen MR) is 136 cm³/mol. The van der Waals surface area contributed by atoms with E-state index in [4.69, 9.17) is 16.6 Å². The van der Waals surface area contributed by atoms with Gasteiger partial charge in [-0.05, 0) is 67.8 Å². The molecule has 1 heterocycles. The number of fused-ring (bicyclic) bond motifs is 1. The molecule has 0 aliphatic rings. The number of amides is 2. The van der Waals surface area contributed by atoms with Crippen LogP contribution in [0.1, 0.15) is 33.7 Å². The summed E-state index contributed by atoms with van der Waals surface area (Å²) in [5.41, 5.74) is 5.30. The van der Waals surface area contributed by atoms with E-state index in [-0.39, 0.29) is 18.4 Å². The van der Waals surface area contributed by atoms with Gasteiger partial charge in [-0.25, -0.2) is 4.98 Å². The molecule has 0 fully saturated rings. The zero-order valence-electron chi connectivity index (χ0n) is 19.3. The average molecular weight is 475 g/mol. The van der Waals surface area contributed by atoms with Gasteiger partial charge in [0.15, 0.2) is 0 Å². The van der Waals surface area contributed by atoms with Crippen molar-refractivity contribution < 1.29 is 9.59 Å². The highest BCUT2D eigenvalue weighted by Gasteiger charge is 2.14. The molecule has 0 atom stereocenters. The smallest absolute Gasteiger partial charge is 0.252 e. The molecule has 0 bridgehead atoms. The van der Waals surface area contributed by atoms with Crippen LogP contribution in [0, 0.1) is 13.8 Å². The molecule has 4 rings (SSSR count). The lowest BCUT2D eigenvalue weighted by molar-refractivity contribution is -0.116. The summed E-state index contributed by atoms with van der Waals surface area (Å²) in [6, 6.07) is 20.6. The summed E-state index contributed by atoms with van der Waals surface area (Å²) >= 11 is 6.10. The molecule has 3 aromatic carbocycles. The Hall–Kier alpha value is -3.64. The zero-order valence-corrected chi connectivity index (χ0v) is 20.0. The lowest BCUT2D eigenvalue weighted by Gasteiger charge is -2.11. The predicted octanol–water partition coefficient (Wildman–Crippen LogP) is 5.31. The second-order valence-electron chi connectivity index (χ2n) is 8.29. The monoisotopic (exact) mass is 474 g/mol. The first-order chi connectivity index (χ1) is 16.4. The number of carbonyl (C=O) groups is 2. The van der Waals surface area contributed by atoms with Crippen LogP contribution in [0.5, 0.6) is 0 Å². The molecular weight excluding hydrogens is 448 g/mol. The molecule has 174 valence electrons. The Morgan fingerprint density at radius 3 is 2.53 bits per heavy atom. The summed E-state index contributed by atoms with van der Waals surface area (Å²) in [7, 11) is 0. The minimum atomic E-state index is -0.202. The number of imidazole rings is 1. The molecule has 0 saturated carbocycles. The van der Waals surface area contributed by atoms with Gasteiger partial charge >= 0.3 is 0 Å². The molecule has 0 aliphatic carbocycles. The molecule has 0 unspecified atom stereocenters. The van der Waals surface area contributed by atoms with Crippen molar-refractivity contribution >= 4 is 40.1 Å². The van der Waals surface area contributed by atoms with Gasteiger partial charge in [0.05, 0.1) is 21.6 Å². The topological polar surface area (TPSA) is 76.0 Å². The lowest BCUT2D eigenvalue weighted by atomic mass is 10.1. The molecule has 2 amide bonds. The summed E-state index contributed by atoms with van der Waals surface area (Å²) in [5, 5.41) is 6.32. The Morgan fingerprint density at radius 1 is 0.971 bits per heavy atom. The number of carbonyl (C=O) groups excluding carboxylic acids is 2. The van der Waals surface area contributed by atoms with Gasteiger partial charge in [0.1, 0.15) is 12.4 Å². The Bertz CT molecular complexity index is 1350. The van der Waals surface area contributed by atoms with E-state index in [1.807, 2.05) is 60.9 Å². The Kier molecular flexibility index (Phi) is 7.28. The van der Waals surface area contributed by atoms with Crippen LogP contribution >= 0.6 is 11.6 Å². The van der Waals surface area contributed by atoms with E-state index >= 15 is 0 Å². The zero-order chi connectivity index (χ0) is 24.1. The number of aromatic nitrogens is 2. The summed E-state index contributed by atoms with van der Waals surface area (Å²) in [5.74, 6) is 0.495. The van der Waals surface area contributed by atoms with Crippen molar-refractivity contribution in [3.63, 3.8) is 0 Å². The Morgan fingerprint density at radius 2 is 1.74 bits per heavy atom. The molecule has 0 saturated heterocycles.